The van der Waals surface area contributed by atoms with Crippen LogP contribution in [0.25, 0.3) is 11.0 Å². The van der Waals surface area contributed by atoms with Crippen molar-refractivity contribution in [3.63, 3.8) is 0 Å². The molecule has 3 aromatic rings. The van der Waals surface area contributed by atoms with Gasteiger partial charge in [0.15, 0.2) is 0 Å². The van der Waals surface area contributed by atoms with E-state index in [9.17, 15) is 0 Å². The number of nitrogens with one attached hydrogen (secondary N) is 1. The van der Waals surface area contributed by atoms with Gasteiger partial charge in [0.05, 0.1) is 11.0 Å². The lowest BCUT2D eigenvalue weighted by Gasteiger charge is -2.07. The van der Waals surface area contributed by atoms with E-state index in [1.165, 1.54) is 11.1 Å². The molecule has 1 heterocycles. The number of H-pyrrole nitrogens is 1. The number of nitrogens with zero attached hydrogens (tertiary/aromatic N) is 1. The first-order valence-electron chi connectivity index (χ1n) is 7.30. The van der Waals surface area contributed by atoms with E-state index in [1.807, 2.05) is 18.2 Å². The molecule has 1 aromatic heterocycles. The van der Waals surface area contributed by atoms with Crippen LogP contribution in [0.15, 0.2) is 42.5 Å². The van der Waals surface area contributed by atoms with Crippen LogP contribution in [0.4, 0.5) is 0 Å². The molecule has 0 amide bonds. The normalized spacial score (nSPS) is 11.2. The molecule has 21 heavy (non-hydrogen) atoms. The van der Waals surface area contributed by atoms with Gasteiger partial charge in [0, 0.05) is 0 Å². The van der Waals surface area contributed by atoms with Gasteiger partial charge in [-0.25, -0.2) is 4.98 Å². The summed E-state index contributed by atoms with van der Waals surface area (Å²) in [5, 5.41) is 0. The zero-order chi connectivity index (χ0) is 14.8. The molecule has 0 bridgehead atoms. The third-order valence-electron chi connectivity index (χ3n) is 3.61. The van der Waals surface area contributed by atoms with Crippen molar-refractivity contribution < 1.29 is 4.74 Å². The van der Waals surface area contributed by atoms with Gasteiger partial charge in [-0.15, -0.1) is 0 Å². The van der Waals surface area contributed by atoms with Gasteiger partial charge in [0.1, 0.15) is 18.2 Å². The van der Waals surface area contributed by atoms with E-state index in [0.29, 0.717) is 12.5 Å². The van der Waals surface area contributed by atoms with Crippen molar-refractivity contribution in [2.75, 3.05) is 0 Å². The number of ether oxygens (including phenoxy) is 1. The van der Waals surface area contributed by atoms with Gasteiger partial charge in [0.25, 0.3) is 0 Å². The van der Waals surface area contributed by atoms with E-state index in [0.717, 1.165) is 22.6 Å². The van der Waals surface area contributed by atoms with Gasteiger partial charge in [0.2, 0.25) is 0 Å². The minimum Gasteiger partial charge on any atom is -0.486 e. The topological polar surface area (TPSA) is 37.9 Å². The number of hydrogen-bond donors (Lipinski definition) is 1. The fourth-order valence-electron chi connectivity index (χ4n) is 2.35. The Morgan fingerprint density at radius 1 is 1.10 bits per heavy atom. The highest BCUT2D eigenvalue weighted by Crippen LogP contribution is 2.20. The van der Waals surface area contributed by atoms with Crippen molar-refractivity contribution in [3.8, 4) is 5.75 Å². The molecule has 0 spiro atoms. The lowest BCUT2D eigenvalue weighted by molar-refractivity contribution is 0.297. The van der Waals surface area contributed by atoms with Crippen LogP contribution in [-0.4, -0.2) is 9.97 Å². The average molecular weight is 280 g/mol. The molecular weight excluding hydrogens is 260 g/mol. The molecule has 108 valence electrons. The maximum absolute atomic E-state index is 5.79. The summed E-state index contributed by atoms with van der Waals surface area (Å²) in [6, 6.07) is 14.5. The van der Waals surface area contributed by atoms with Crippen molar-refractivity contribution in [2.24, 2.45) is 0 Å². The Bertz CT molecular complexity index is 742. The average Bonchev–Trinajstić information content (AvgIpc) is 2.87. The Morgan fingerprint density at radius 3 is 2.57 bits per heavy atom. The zero-order valence-electron chi connectivity index (χ0n) is 12.7. The van der Waals surface area contributed by atoms with Crippen LogP contribution >= 0.6 is 0 Å². The zero-order valence-corrected chi connectivity index (χ0v) is 12.7. The lowest BCUT2D eigenvalue weighted by Crippen LogP contribution is -1.97. The third kappa shape index (κ3) is 3.07. The summed E-state index contributed by atoms with van der Waals surface area (Å²) in [6.07, 6.45) is 0. The monoisotopic (exact) mass is 280 g/mol. The van der Waals surface area contributed by atoms with Crippen LogP contribution in [-0.2, 0) is 6.61 Å². The number of hydrogen-bond acceptors (Lipinski definition) is 2. The fourth-order valence-corrected chi connectivity index (χ4v) is 2.35. The highest BCUT2D eigenvalue weighted by molar-refractivity contribution is 5.75. The van der Waals surface area contributed by atoms with Crippen molar-refractivity contribution >= 4 is 11.0 Å². The standard InChI is InChI=1S/C18H20N2O/c1-12(2)14-5-7-15(8-6-14)21-11-18-19-16-9-4-13(3)10-17(16)20-18/h4-10,12H,11H2,1-3H3,(H,19,20). The highest BCUT2D eigenvalue weighted by atomic mass is 16.5. The number of imidazole rings is 1. The van der Waals surface area contributed by atoms with Gasteiger partial charge >= 0.3 is 0 Å². The molecule has 1 N–H and O–H groups in total. The first kappa shape index (κ1) is 13.7. The van der Waals surface area contributed by atoms with Crippen LogP contribution in [0, 0.1) is 6.92 Å². The van der Waals surface area contributed by atoms with Crippen molar-refractivity contribution in [1.29, 1.82) is 0 Å². The first-order chi connectivity index (χ1) is 10.1. The predicted octanol–water partition coefficient (Wildman–Crippen LogP) is 4.57. The van der Waals surface area contributed by atoms with E-state index in [2.05, 4.69) is 55.0 Å². The number of rotatable bonds is 4. The Hall–Kier alpha value is -2.29. The van der Waals surface area contributed by atoms with Crippen LogP contribution in [0.1, 0.15) is 36.7 Å². The smallest absolute Gasteiger partial charge is 0.146 e. The molecule has 3 heteroatoms. The third-order valence-corrected chi connectivity index (χ3v) is 3.61. The van der Waals surface area contributed by atoms with Gasteiger partial charge in [-0.1, -0.05) is 32.0 Å². The number of aromatic nitrogens is 2. The van der Waals surface area contributed by atoms with E-state index >= 15 is 0 Å². The molecule has 0 fully saturated rings. The molecule has 0 saturated heterocycles. The molecule has 0 aliphatic carbocycles. The largest absolute Gasteiger partial charge is 0.486 e. The fraction of sp³-hybridized carbons (Fsp3) is 0.278. The summed E-state index contributed by atoms with van der Waals surface area (Å²) >= 11 is 0. The van der Waals surface area contributed by atoms with Crippen LogP contribution in [0.3, 0.4) is 0 Å². The summed E-state index contributed by atoms with van der Waals surface area (Å²) in [4.78, 5) is 7.83. The second-order valence-electron chi connectivity index (χ2n) is 5.72. The van der Waals surface area contributed by atoms with Crippen molar-refractivity contribution in [2.45, 2.75) is 33.3 Å². The summed E-state index contributed by atoms with van der Waals surface area (Å²) < 4.78 is 5.79. The molecule has 3 rings (SSSR count). The van der Waals surface area contributed by atoms with Crippen molar-refractivity contribution in [1.82, 2.24) is 9.97 Å². The molecule has 0 aliphatic rings. The van der Waals surface area contributed by atoms with Crippen LogP contribution < -0.4 is 4.74 Å². The van der Waals surface area contributed by atoms with Crippen LogP contribution in [0.2, 0.25) is 0 Å². The Balaban J connectivity index is 1.71. The Kier molecular flexibility index (Phi) is 3.65. The maximum atomic E-state index is 5.79. The first-order valence-corrected chi connectivity index (χ1v) is 7.30. The second-order valence-corrected chi connectivity index (χ2v) is 5.72. The summed E-state index contributed by atoms with van der Waals surface area (Å²) in [5.41, 5.74) is 4.59. The Morgan fingerprint density at radius 2 is 1.86 bits per heavy atom. The molecule has 2 aromatic carbocycles. The van der Waals surface area contributed by atoms with E-state index in [1.54, 1.807) is 0 Å². The van der Waals surface area contributed by atoms with Gasteiger partial charge in [-0.05, 0) is 48.2 Å². The molecular formula is C18H20N2O. The Labute approximate surface area is 125 Å². The minimum absolute atomic E-state index is 0.453. The summed E-state index contributed by atoms with van der Waals surface area (Å²) in [6.45, 7) is 6.90. The van der Waals surface area contributed by atoms with Gasteiger partial charge in [-0.3, -0.25) is 0 Å². The second kappa shape index (κ2) is 5.60. The molecule has 3 nitrogen and oxygen atoms in total. The number of aromatic amines is 1. The molecule has 0 saturated carbocycles. The molecule has 0 unspecified atom stereocenters. The SMILES string of the molecule is Cc1ccc2nc(COc3ccc(C(C)C)cc3)[nH]c2c1. The predicted molar refractivity (Wildman–Crippen MR) is 85.7 cm³/mol. The quantitative estimate of drug-likeness (QED) is 0.760. The number of aryl methyl sites for hydroxylation is 1. The van der Waals surface area contributed by atoms with Crippen molar-refractivity contribution in [3.05, 3.63) is 59.4 Å². The number of fused-ring (bicyclic) bond motifs is 1. The molecule has 0 aliphatic heterocycles. The van der Waals surface area contributed by atoms with Crippen LogP contribution in [0.5, 0.6) is 5.75 Å². The van der Waals surface area contributed by atoms with E-state index in [-0.39, 0.29) is 0 Å². The van der Waals surface area contributed by atoms with E-state index in [4.69, 9.17) is 4.74 Å². The van der Waals surface area contributed by atoms with Gasteiger partial charge in [-0.2, -0.15) is 0 Å². The van der Waals surface area contributed by atoms with Gasteiger partial charge < -0.3 is 9.72 Å². The number of benzene rings is 2. The lowest BCUT2D eigenvalue weighted by atomic mass is 10.0. The van der Waals surface area contributed by atoms with E-state index < -0.39 is 0 Å². The minimum atomic E-state index is 0.453. The molecule has 0 radical (unpaired) electrons. The summed E-state index contributed by atoms with van der Waals surface area (Å²) in [7, 11) is 0. The molecule has 0 atom stereocenters. The highest BCUT2D eigenvalue weighted by Gasteiger charge is 2.04. The maximum Gasteiger partial charge on any atom is 0.146 e. The summed E-state index contributed by atoms with van der Waals surface area (Å²) in [5.74, 6) is 2.26.